The first-order valence-electron chi connectivity index (χ1n) is 13.0. The molecule has 0 saturated heterocycles. The van der Waals surface area contributed by atoms with Gasteiger partial charge in [0.1, 0.15) is 0 Å². The Kier molecular flexibility index (Phi) is 39.2. The van der Waals surface area contributed by atoms with Crippen molar-refractivity contribution in [2.45, 2.75) is 152 Å². The van der Waals surface area contributed by atoms with Gasteiger partial charge in [-0.15, -0.1) is 0 Å². The quantitative estimate of drug-likeness (QED) is 0.118. The minimum absolute atomic E-state index is 0.230. The van der Waals surface area contributed by atoms with Gasteiger partial charge in [0.15, 0.2) is 0 Å². The van der Waals surface area contributed by atoms with Gasteiger partial charge >= 0.3 is 43.0 Å². The van der Waals surface area contributed by atoms with Crippen LogP contribution in [0.3, 0.4) is 0 Å². The summed E-state index contributed by atoms with van der Waals surface area (Å²) in [6.45, 7) is 4.46. The molecule has 5 heteroatoms. The van der Waals surface area contributed by atoms with Crippen LogP contribution in [0.2, 0.25) is 9.88 Å². The third kappa shape index (κ3) is 48.4. The Hall–Kier alpha value is -0.261. The predicted octanol–water partition coefficient (Wildman–Crippen LogP) is 8.77. The Morgan fingerprint density at radius 2 is 0.677 bits per heavy atom. The maximum absolute atomic E-state index is 10.2. The van der Waals surface area contributed by atoms with Crippen molar-refractivity contribution in [3.05, 3.63) is 0 Å². The van der Waals surface area contributed by atoms with Gasteiger partial charge in [0, 0.05) is 12.8 Å². The van der Waals surface area contributed by atoms with E-state index in [1.807, 2.05) is 0 Å². The predicted molar refractivity (Wildman–Crippen MR) is 136 cm³/mol. The topological polar surface area (TPSA) is 74.6 Å². The number of carboxylic acids is 2. The van der Waals surface area contributed by atoms with Gasteiger partial charge < -0.3 is 10.2 Å². The summed E-state index contributed by atoms with van der Waals surface area (Å²) in [5.74, 6) is -1.32. The molecule has 0 rings (SSSR count). The summed E-state index contributed by atoms with van der Waals surface area (Å²) in [6, 6.07) is 0. The van der Waals surface area contributed by atoms with Crippen LogP contribution in [0.4, 0.5) is 0 Å². The standard InChI is InChI=1S/2C12H24O2.2CH3.Sn/c2*1-2-3-4-5-6-7-8-9-10-11-12(13)14;;;/h2*2-11H2,1H3,(H,13,14);2*1H3;. The van der Waals surface area contributed by atoms with Gasteiger partial charge in [0.25, 0.3) is 0 Å². The molecule has 0 fully saturated rings. The molecule has 0 saturated carbocycles. The molecule has 0 atom stereocenters. The van der Waals surface area contributed by atoms with Crippen LogP contribution in [0.1, 0.15) is 142 Å². The average molecular weight is 549 g/mol. The summed E-state index contributed by atoms with van der Waals surface area (Å²) in [7, 11) is 0. The summed E-state index contributed by atoms with van der Waals surface area (Å²) >= 11 is 0.230. The normalized spacial score (nSPS) is 9.94. The van der Waals surface area contributed by atoms with Crippen molar-refractivity contribution in [3.63, 3.8) is 0 Å². The number of unbranched alkanes of at least 4 members (excludes halogenated alkanes) is 16. The second kappa shape index (κ2) is 34.4. The van der Waals surface area contributed by atoms with Crippen molar-refractivity contribution in [3.8, 4) is 0 Å². The molecule has 186 valence electrons. The van der Waals surface area contributed by atoms with Crippen LogP contribution in [-0.2, 0) is 9.59 Å². The van der Waals surface area contributed by atoms with Crippen molar-refractivity contribution in [2.75, 3.05) is 0 Å². The Bertz CT molecular complexity index is 316. The van der Waals surface area contributed by atoms with E-state index in [9.17, 15) is 9.59 Å². The number of rotatable bonds is 20. The minimum atomic E-state index is -0.659. The Morgan fingerprint density at radius 1 is 0.484 bits per heavy atom. The van der Waals surface area contributed by atoms with Crippen LogP contribution in [0.25, 0.3) is 0 Å². The number of hydrogen-bond acceptors (Lipinski definition) is 2. The Morgan fingerprint density at radius 3 is 0.871 bits per heavy atom. The van der Waals surface area contributed by atoms with Gasteiger partial charge in [0.2, 0.25) is 0 Å². The molecule has 2 radical (unpaired) electrons. The molecule has 0 aliphatic rings. The molecule has 0 spiro atoms. The van der Waals surface area contributed by atoms with Gasteiger partial charge in [-0.05, 0) is 12.8 Å². The third-order valence-electron chi connectivity index (χ3n) is 4.99. The molecule has 0 bridgehead atoms. The number of aliphatic carboxylic acids is 2. The first kappa shape index (κ1) is 35.3. The van der Waals surface area contributed by atoms with Crippen molar-refractivity contribution in [1.29, 1.82) is 0 Å². The molecule has 0 heterocycles. The molecular formula is C26H54O4Sn. The van der Waals surface area contributed by atoms with Crippen molar-refractivity contribution in [1.82, 2.24) is 0 Å². The SMILES string of the molecule is CCCCCCCCCCCC(=O)O.CCCCCCCCCCCC(=O)O.[CH3][Sn][CH3]. The van der Waals surface area contributed by atoms with Crippen molar-refractivity contribution < 1.29 is 19.8 Å². The molecule has 4 nitrogen and oxygen atoms in total. The molecule has 2 N–H and O–H groups in total. The van der Waals surface area contributed by atoms with Crippen molar-refractivity contribution in [2.24, 2.45) is 0 Å². The summed E-state index contributed by atoms with van der Waals surface area (Å²) in [6.07, 6.45) is 23.0. The maximum atomic E-state index is 10.2. The molecule has 0 aliphatic carbocycles. The fraction of sp³-hybridized carbons (Fsp3) is 0.923. The molecule has 31 heavy (non-hydrogen) atoms. The number of carbonyl (C=O) groups is 2. The van der Waals surface area contributed by atoms with Gasteiger partial charge in [-0.2, -0.15) is 0 Å². The zero-order valence-electron chi connectivity index (χ0n) is 21.4. The zero-order valence-corrected chi connectivity index (χ0v) is 24.2. The summed E-state index contributed by atoms with van der Waals surface area (Å²) in [4.78, 5) is 25.0. The van der Waals surface area contributed by atoms with E-state index in [1.165, 1.54) is 89.9 Å². The second-order valence-corrected chi connectivity index (χ2v) is 11.3. The van der Waals surface area contributed by atoms with E-state index >= 15 is 0 Å². The fourth-order valence-electron chi connectivity index (χ4n) is 3.17. The first-order valence-corrected chi connectivity index (χ1v) is 18.7. The van der Waals surface area contributed by atoms with E-state index in [2.05, 4.69) is 23.7 Å². The fourth-order valence-corrected chi connectivity index (χ4v) is 3.17. The van der Waals surface area contributed by atoms with E-state index in [0.29, 0.717) is 12.8 Å². The van der Waals surface area contributed by atoms with Crippen LogP contribution in [0.15, 0.2) is 0 Å². The number of hydrogen-bond donors (Lipinski definition) is 2. The summed E-state index contributed by atoms with van der Waals surface area (Å²) in [5, 5.41) is 16.8. The number of carboxylic acid groups (broad SMARTS) is 2. The third-order valence-corrected chi connectivity index (χ3v) is 4.99. The molecule has 0 aromatic rings. The van der Waals surface area contributed by atoms with Crippen LogP contribution >= 0.6 is 0 Å². The summed E-state index contributed by atoms with van der Waals surface area (Å²) in [5.41, 5.74) is 0. The molecule has 0 aromatic carbocycles. The van der Waals surface area contributed by atoms with Crippen LogP contribution < -0.4 is 0 Å². The van der Waals surface area contributed by atoms with E-state index in [-0.39, 0.29) is 21.1 Å². The van der Waals surface area contributed by atoms with Crippen LogP contribution in [-0.4, -0.2) is 43.3 Å². The van der Waals surface area contributed by atoms with Gasteiger partial charge in [-0.25, -0.2) is 0 Å². The summed E-state index contributed by atoms with van der Waals surface area (Å²) < 4.78 is 0. The Balaban J connectivity index is -0.000000448. The van der Waals surface area contributed by atoms with E-state index in [1.54, 1.807) is 0 Å². The molecule has 0 aromatic heterocycles. The van der Waals surface area contributed by atoms with E-state index in [4.69, 9.17) is 10.2 Å². The average Bonchev–Trinajstić information content (AvgIpc) is 2.72. The first-order chi connectivity index (χ1) is 15.0. The van der Waals surface area contributed by atoms with Gasteiger partial charge in [-0.3, -0.25) is 9.59 Å². The van der Waals surface area contributed by atoms with Crippen LogP contribution in [0, 0.1) is 0 Å². The Labute approximate surface area is 204 Å². The van der Waals surface area contributed by atoms with Crippen LogP contribution in [0.5, 0.6) is 0 Å². The molecule has 0 aliphatic heterocycles. The van der Waals surface area contributed by atoms with E-state index < -0.39 is 11.9 Å². The van der Waals surface area contributed by atoms with Gasteiger partial charge in [0.05, 0.1) is 0 Å². The second-order valence-electron chi connectivity index (χ2n) is 8.44. The monoisotopic (exact) mass is 550 g/mol. The zero-order chi connectivity index (χ0) is 24.0. The van der Waals surface area contributed by atoms with E-state index in [0.717, 1.165) is 25.7 Å². The molecular weight excluding hydrogens is 495 g/mol. The molecule has 0 unspecified atom stereocenters. The molecule has 0 amide bonds. The van der Waals surface area contributed by atoms with Gasteiger partial charge in [-0.1, -0.05) is 117 Å². The van der Waals surface area contributed by atoms with Crippen molar-refractivity contribution >= 4 is 33.1 Å².